The lowest BCUT2D eigenvalue weighted by atomic mass is 10.2. The zero-order valence-corrected chi connectivity index (χ0v) is 12.5. The molecule has 0 spiro atoms. The summed E-state index contributed by atoms with van der Waals surface area (Å²) in [7, 11) is 4.80. The Morgan fingerprint density at radius 1 is 1.14 bits per heavy atom. The highest BCUT2D eigenvalue weighted by Crippen LogP contribution is 2.32. The molecule has 0 aliphatic rings. The van der Waals surface area contributed by atoms with Crippen LogP contribution >= 0.6 is 0 Å². The van der Waals surface area contributed by atoms with Crippen molar-refractivity contribution in [1.29, 1.82) is 0 Å². The van der Waals surface area contributed by atoms with Gasteiger partial charge in [-0.1, -0.05) is 0 Å². The molecular formula is C15H20N2O4. The van der Waals surface area contributed by atoms with E-state index in [2.05, 4.69) is 10.3 Å². The van der Waals surface area contributed by atoms with Crippen LogP contribution in [-0.2, 0) is 4.74 Å². The summed E-state index contributed by atoms with van der Waals surface area (Å²) in [5.41, 5.74) is 1.34. The van der Waals surface area contributed by atoms with Crippen molar-refractivity contribution in [2.24, 2.45) is 0 Å². The van der Waals surface area contributed by atoms with Crippen LogP contribution < -0.4 is 14.8 Å². The molecule has 0 radical (unpaired) electrons. The van der Waals surface area contributed by atoms with E-state index >= 15 is 0 Å². The summed E-state index contributed by atoms with van der Waals surface area (Å²) < 4.78 is 15.4. The highest BCUT2D eigenvalue weighted by atomic mass is 16.5. The van der Waals surface area contributed by atoms with Crippen molar-refractivity contribution >= 4 is 16.8 Å². The van der Waals surface area contributed by atoms with E-state index in [1.165, 1.54) is 0 Å². The number of ether oxygens (including phenoxy) is 3. The minimum atomic E-state index is -0.139. The normalized spacial score (nSPS) is 10.6. The van der Waals surface area contributed by atoms with Crippen LogP contribution in [-0.4, -0.2) is 45.4 Å². The number of H-pyrrole nitrogens is 1. The number of aromatic amines is 1. The Morgan fingerprint density at radius 3 is 2.52 bits per heavy atom. The molecule has 0 aliphatic heterocycles. The summed E-state index contributed by atoms with van der Waals surface area (Å²) in [6.45, 7) is 1.20. The summed E-state index contributed by atoms with van der Waals surface area (Å²) in [5.74, 6) is 1.12. The van der Waals surface area contributed by atoms with Crippen LogP contribution in [0.25, 0.3) is 10.9 Å². The van der Waals surface area contributed by atoms with Crippen LogP contribution in [0.4, 0.5) is 0 Å². The van der Waals surface area contributed by atoms with E-state index < -0.39 is 0 Å². The van der Waals surface area contributed by atoms with Gasteiger partial charge in [0.25, 0.3) is 5.91 Å². The molecule has 1 aromatic carbocycles. The molecule has 2 N–H and O–H groups in total. The number of amides is 1. The molecule has 0 saturated carbocycles. The zero-order chi connectivity index (χ0) is 15.2. The maximum absolute atomic E-state index is 12.0. The Bertz CT molecular complexity index is 580. The summed E-state index contributed by atoms with van der Waals surface area (Å²) in [4.78, 5) is 15.1. The van der Waals surface area contributed by atoms with Gasteiger partial charge in [-0.15, -0.1) is 0 Å². The SMILES string of the molecule is COCCCNC(=O)c1cc2cc(OC)c(OC)cc2[nH]1. The number of aromatic nitrogens is 1. The first kappa shape index (κ1) is 15.2. The Morgan fingerprint density at radius 2 is 1.86 bits per heavy atom. The Balaban J connectivity index is 2.16. The minimum absolute atomic E-state index is 0.139. The molecule has 0 fully saturated rings. The first-order valence-electron chi connectivity index (χ1n) is 6.71. The molecule has 6 nitrogen and oxygen atoms in total. The maximum Gasteiger partial charge on any atom is 0.267 e. The molecule has 2 aromatic rings. The Hall–Kier alpha value is -2.21. The van der Waals surface area contributed by atoms with Gasteiger partial charge in [-0.3, -0.25) is 4.79 Å². The number of benzene rings is 1. The van der Waals surface area contributed by atoms with Gasteiger partial charge in [-0.2, -0.15) is 0 Å². The van der Waals surface area contributed by atoms with E-state index in [1.807, 2.05) is 12.1 Å². The van der Waals surface area contributed by atoms with Crippen LogP contribution in [0.3, 0.4) is 0 Å². The lowest BCUT2D eigenvalue weighted by molar-refractivity contribution is 0.0944. The molecule has 114 valence electrons. The van der Waals surface area contributed by atoms with Gasteiger partial charge in [-0.05, 0) is 18.6 Å². The van der Waals surface area contributed by atoms with Crippen molar-refractivity contribution in [2.45, 2.75) is 6.42 Å². The van der Waals surface area contributed by atoms with E-state index in [1.54, 1.807) is 27.4 Å². The fourth-order valence-electron chi connectivity index (χ4n) is 2.10. The third-order valence-electron chi connectivity index (χ3n) is 3.18. The predicted molar refractivity (Wildman–Crippen MR) is 80.2 cm³/mol. The lowest BCUT2D eigenvalue weighted by Crippen LogP contribution is -2.25. The molecular weight excluding hydrogens is 272 g/mol. The maximum atomic E-state index is 12.0. The quantitative estimate of drug-likeness (QED) is 0.765. The zero-order valence-electron chi connectivity index (χ0n) is 12.5. The fourth-order valence-corrected chi connectivity index (χ4v) is 2.10. The smallest absolute Gasteiger partial charge is 0.267 e. The van der Waals surface area contributed by atoms with Crippen LogP contribution in [0.5, 0.6) is 11.5 Å². The highest BCUT2D eigenvalue weighted by Gasteiger charge is 2.12. The largest absolute Gasteiger partial charge is 0.493 e. The first-order chi connectivity index (χ1) is 10.2. The molecule has 1 aromatic heterocycles. The van der Waals surface area contributed by atoms with Crippen molar-refractivity contribution in [2.75, 3.05) is 34.5 Å². The molecule has 0 bridgehead atoms. The number of fused-ring (bicyclic) bond motifs is 1. The van der Waals surface area contributed by atoms with Crippen molar-refractivity contribution in [3.63, 3.8) is 0 Å². The number of carbonyl (C=O) groups excluding carboxylic acids is 1. The Labute approximate surface area is 123 Å². The number of nitrogens with one attached hydrogen (secondary N) is 2. The average Bonchev–Trinajstić information content (AvgIpc) is 2.92. The van der Waals surface area contributed by atoms with Crippen molar-refractivity contribution in [3.8, 4) is 11.5 Å². The van der Waals surface area contributed by atoms with E-state index in [0.29, 0.717) is 30.3 Å². The topological polar surface area (TPSA) is 72.6 Å². The molecule has 0 atom stereocenters. The fraction of sp³-hybridized carbons (Fsp3) is 0.400. The van der Waals surface area contributed by atoms with Crippen LogP contribution in [0, 0.1) is 0 Å². The van der Waals surface area contributed by atoms with E-state index in [9.17, 15) is 4.79 Å². The minimum Gasteiger partial charge on any atom is -0.493 e. The second-order valence-corrected chi connectivity index (χ2v) is 4.58. The molecule has 6 heteroatoms. The third kappa shape index (κ3) is 3.46. The van der Waals surface area contributed by atoms with Gasteiger partial charge in [-0.25, -0.2) is 0 Å². The molecule has 1 heterocycles. The van der Waals surface area contributed by atoms with E-state index in [0.717, 1.165) is 17.3 Å². The number of hydrogen-bond donors (Lipinski definition) is 2. The van der Waals surface area contributed by atoms with Gasteiger partial charge >= 0.3 is 0 Å². The average molecular weight is 292 g/mol. The number of hydrogen-bond acceptors (Lipinski definition) is 4. The summed E-state index contributed by atoms with van der Waals surface area (Å²) in [6.07, 6.45) is 0.782. The summed E-state index contributed by atoms with van der Waals surface area (Å²) in [6, 6.07) is 5.45. The van der Waals surface area contributed by atoms with E-state index in [4.69, 9.17) is 14.2 Å². The highest BCUT2D eigenvalue weighted by molar-refractivity contribution is 5.98. The molecule has 2 rings (SSSR count). The van der Waals surface area contributed by atoms with Gasteiger partial charge in [0.2, 0.25) is 0 Å². The van der Waals surface area contributed by atoms with Gasteiger partial charge in [0.05, 0.1) is 14.2 Å². The van der Waals surface area contributed by atoms with Gasteiger partial charge in [0.1, 0.15) is 5.69 Å². The predicted octanol–water partition coefficient (Wildman–Crippen LogP) is 1.95. The second-order valence-electron chi connectivity index (χ2n) is 4.58. The standard InChI is InChI=1S/C15H20N2O4/c1-19-6-4-5-16-15(18)12-7-10-8-13(20-2)14(21-3)9-11(10)17-12/h7-9,17H,4-6H2,1-3H3,(H,16,18). The van der Waals surface area contributed by atoms with Crippen LogP contribution in [0.15, 0.2) is 18.2 Å². The monoisotopic (exact) mass is 292 g/mol. The number of carbonyl (C=O) groups is 1. The molecule has 0 saturated heterocycles. The van der Waals surface area contributed by atoms with E-state index in [-0.39, 0.29) is 5.91 Å². The number of rotatable bonds is 7. The number of methoxy groups -OCH3 is 3. The lowest BCUT2D eigenvalue weighted by Gasteiger charge is -2.06. The third-order valence-corrected chi connectivity index (χ3v) is 3.18. The molecule has 1 amide bonds. The van der Waals surface area contributed by atoms with Crippen molar-refractivity contribution in [1.82, 2.24) is 10.3 Å². The van der Waals surface area contributed by atoms with Crippen LogP contribution in [0.1, 0.15) is 16.9 Å². The van der Waals surface area contributed by atoms with Crippen LogP contribution in [0.2, 0.25) is 0 Å². The molecule has 0 aliphatic carbocycles. The molecule has 21 heavy (non-hydrogen) atoms. The molecule has 0 unspecified atom stereocenters. The summed E-state index contributed by atoms with van der Waals surface area (Å²) in [5, 5.41) is 3.74. The van der Waals surface area contributed by atoms with Gasteiger partial charge in [0.15, 0.2) is 11.5 Å². The van der Waals surface area contributed by atoms with Crippen molar-refractivity contribution in [3.05, 3.63) is 23.9 Å². The first-order valence-corrected chi connectivity index (χ1v) is 6.71. The van der Waals surface area contributed by atoms with Crippen molar-refractivity contribution < 1.29 is 19.0 Å². The Kier molecular flexibility index (Phi) is 5.05. The summed E-state index contributed by atoms with van der Waals surface area (Å²) >= 11 is 0. The second kappa shape index (κ2) is 6.99. The van der Waals surface area contributed by atoms with Gasteiger partial charge < -0.3 is 24.5 Å². The van der Waals surface area contributed by atoms with Gasteiger partial charge in [0, 0.05) is 37.2 Å².